The molecule has 26 heavy (non-hydrogen) atoms. The van der Waals surface area contributed by atoms with E-state index in [4.69, 9.17) is 27.7 Å². The highest BCUT2D eigenvalue weighted by atomic mass is 35.5. The monoisotopic (exact) mass is 411 g/mol. The van der Waals surface area contributed by atoms with Gasteiger partial charge in [0.15, 0.2) is 5.17 Å². The van der Waals surface area contributed by atoms with Gasteiger partial charge in [0.25, 0.3) is 0 Å². The fourth-order valence-corrected chi connectivity index (χ4v) is 4.04. The minimum absolute atomic E-state index is 0.0519. The molecule has 138 valence electrons. The zero-order valence-corrected chi connectivity index (χ0v) is 16.9. The maximum absolute atomic E-state index is 12.8. The van der Waals surface area contributed by atoms with E-state index in [1.165, 1.54) is 0 Å². The third-order valence-corrected chi connectivity index (χ3v) is 5.99. The van der Waals surface area contributed by atoms with Crippen molar-refractivity contribution in [3.8, 4) is 0 Å². The van der Waals surface area contributed by atoms with Crippen LogP contribution in [-0.4, -0.2) is 33.4 Å². The quantitative estimate of drug-likeness (QED) is 0.694. The number of aryl methyl sites for hydroxylation is 2. The van der Waals surface area contributed by atoms with E-state index in [2.05, 4.69) is 10.1 Å². The maximum Gasteiger partial charge on any atom is 0.228 e. The second-order valence-corrected chi connectivity index (χ2v) is 7.92. The average Bonchev–Trinajstić information content (AvgIpc) is 2.94. The summed E-state index contributed by atoms with van der Waals surface area (Å²) in [6, 6.07) is 5.21. The molecule has 0 spiro atoms. The Kier molecular flexibility index (Phi) is 6.27. The Morgan fingerprint density at radius 3 is 2.85 bits per heavy atom. The number of aliphatic imine (C=N–C) groups is 1. The minimum atomic E-state index is 0.0519. The van der Waals surface area contributed by atoms with Crippen LogP contribution in [-0.2, 0) is 11.2 Å². The highest BCUT2D eigenvalue weighted by molar-refractivity contribution is 8.13. The molecule has 1 saturated heterocycles. The van der Waals surface area contributed by atoms with E-state index in [1.54, 1.807) is 34.9 Å². The van der Waals surface area contributed by atoms with Gasteiger partial charge in [0.2, 0.25) is 5.91 Å². The lowest BCUT2D eigenvalue weighted by Gasteiger charge is -2.27. The van der Waals surface area contributed by atoms with Gasteiger partial charge < -0.3 is 4.52 Å². The Morgan fingerprint density at radius 2 is 2.15 bits per heavy atom. The van der Waals surface area contributed by atoms with E-state index < -0.39 is 0 Å². The number of carbonyl (C=O) groups is 1. The number of hydrogen-bond donors (Lipinski definition) is 0. The number of amidine groups is 1. The lowest BCUT2D eigenvalue weighted by atomic mass is 10.1. The molecule has 1 fully saturated rings. The first-order chi connectivity index (χ1) is 12.5. The molecule has 1 amide bonds. The molecular formula is C18H19Cl2N3O2S. The zero-order chi connectivity index (χ0) is 18.7. The molecule has 5 nitrogen and oxygen atoms in total. The summed E-state index contributed by atoms with van der Waals surface area (Å²) in [5.74, 6) is 1.76. The maximum atomic E-state index is 12.8. The lowest BCUT2D eigenvalue weighted by molar-refractivity contribution is -0.127. The average molecular weight is 412 g/mol. The number of rotatable bonds is 4. The largest absolute Gasteiger partial charge is 0.361 e. The number of hydrogen-bond acceptors (Lipinski definition) is 5. The van der Waals surface area contributed by atoms with Crippen LogP contribution >= 0.6 is 35.0 Å². The summed E-state index contributed by atoms with van der Waals surface area (Å²) in [6.45, 7) is 4.44. The number of carbonyl (C=O) groups excluding carboxylic acids is 1. The first-order valence-electron chi connectivity index (χ1n) is 8.34. The summed E-state index contributed by atoms with van der Waals surface area (Å²) in [4.78, 5) is 19.1. The van der Waals surface area contributed by atoms with Crippen molar-refractivity contribution in [2.45, 2.75) is 33.1 Å². The molecule has 1 aromatic carbocycles. The molecule has 3 rings (SSSR count). The van der Waals surface area contributed by atoms with Gasteiger partial charge in [0, 0.05) is 24.3 Å². The van der Waals surface area contributed by atoms with Crippen LogP contribution in [0.2, 0.25) is 10.0 Å². The number of halogens is 2. The van der Waals surface area contributed by atoms with E-state index in [1.807, 2.05) is 13.8 Å². The van der Waals surface area contributed by atoms with Crippen LogP contribution in [0.25, 0.3) is 0 Å². The summed E-state index contributed by atoms with van der Waals surface area (Å²) in [7, 11) is 0. The van der Waals surface area contributed by atoms with Crippen LogP contribution in [0.4, 0.5) is 5.69 Å². The second-order valence-electron chi connectivity index (χ2n) is 6.04. The van der Waals surface area contributed by atoms with Crippen LogP contribution in [0.1, 0.15) is 29.9 Å². The highest BCUT2D eigenvalue weighted by Crippen LogP contribution is 2.29. The van der Waals surface area contributed by atoms with Crippen molar-refractivity contribution < 1.29 is 9.32 Å². The van der Waals surface area contributed by atoms with Crippen LogP contribution in [0.5, 0.6) is 0 Å². The zero-order valence-electron chi connectivity index (χ0n) is 14.6. The summed E-state index contributed by atoms with van der Waals surface area (Å²) < 4.78 is 5.17. The molecule has 0 N–H and O–H groups in total. The van der Waals surface area contributed by atoms with E-state index >= 15 is 0 Å². The van der Waals surface area contributed by atoms with Gasteiger partial charge in [-0.15, -0.1) is 0 Å². The predicted octanol–water partition coefficient (Wildman–Crippen LogP) is 5.18. The Labute approximate surface area is 166 Å². The fourth-order valence-electron chi connectivity index (χ4n) is 2.77. The van der Waals surface area contributed by atoms with Crippen molar-refractivity contribution in [2.24, 2.45) is 4.99 Å². The van der Waals surface area contributed by atoms with Crippen LogP contribution in [0, 0.1) is 13.8 Å². The molecule has 1 aromatic heterocycles. The van der Waals surface area contributed by atoms with Crippen LogP contribution in [0.15, 0.2) is 27.7 Å². The van der Waals surface area contributed by atoms with Crippen LogP contribution in [0.3, 0.4) is 0 Å². The summed E-state index contributed by atoms with van der Waals surface area (Å²) in [5, 5.41) is 5.58. The second kappa shape index (κ2) is 8.46. The van der Waals surface area contributed by atoms with Gasteiger partial charge in [-0.05, 0) is 44.9 Å². The molecule has 0 radical (unpaired) electrons. The van der Waals surface area contributed by atoms with Crippen LogP contribution < -0.4 is 0 Å². The van der Waals surface area contributed by atoms with Crippen molar-refractivity contribution in [3.63, 3.8) is 0 Å². The molecule has 8 heteroatoms. The van der Waals surface area contributed by atoms with Gasteiger partial charge in [0.1, 0.15) is 5.76 Å². The molecule has 1 aliphatic rings. The number of thioether (sulfide) groups is 1. The van der Waals surface area contributed by atoms with Gasteiger partial charge in [-0.2, -0.15) is 0 Å². The first kappa shape index (κ1) is 19.3. The van der Waals surface area contributed by atoms with Crippen molar-refractivity contribution in [1.29, 1.82) is 0 Å². The Hall–Kier alpha value is -1.50. The van der Waals surface area contributed by atoms with Gasteiger partial charge >= 0.3 is 0 Å². The topological polar surface area (TPSA) is 58.7 Å². The fraction of sp³-hybridized carbons (Fsp3) is 0.389. The van der Waals surface area contributed by atoms with Crippen molar-refractivity contribution in [1.82, 2.24) is 10.1 Å². The third-order valence-electron chi connectivity index (χ3n) is 4.19. The van der Waals surface area contributed by atoms with Gasteiger partial charge in [0.05, 0.1) is 21.4 Å². The normalized spacial score (nSPS) is 16.3. The molecular weight excluding hydrogens is 393 g/mol. The minimum Gasteiger partial charge on any atom is -0.361 e. The molecule has 0 atom stereocenters. The van der Waals surface area contributed by atoms with E-state index in [-0.39, 0.29) is 5.91 Å². The lowest BCUT2D eigenvalue weighted by Crippen LogP contribution is -2.39. The molecule has 2 heterocycles. The summed E-state index contributed by atoms with van der Waals surface area (Å²) >= 11 is 13.6. The molecule has 0 unspecified atom stereocenters. The Bertz CT molecular complexity index is 831. The third kappa shape index (κ3) is 4.42. The van der Waals surface area contributed by atoms with E-state index in [0.29, 0.717) is 40.3 Å². The SMILES string of the molecule is Cc1noc(C)c1CCC(=O)N1CCCSC1=Nc1ccc(Cl)c(Cl)c1. The molecule has 0 saturated carbocycles. The van der Waals surface area contributed by atoms with E-state index in [9.17, 15) is 4.79 Å². The van der Waals surface area contributed by atoms with Crippen molar-refractivity contribution in [2.75, 3.05) is 12.3 Å². The van der Waals surface area contributed by atoms with Gasteiger partial charge in [-0.25, -0.2) is 4.99 Å². The van der Waals surface area contributed by atoms with Crippen molar-refractivity contribution >= 4 is 51.7 Å². The first-order valence-corrected chi connectivity index (χ1v) is 10.1. The molecule has 0 bridgehead atoms. The number of benzene rings is 1. The molecule has 1 aliphatic heterocycles. The number of nitrogens with zero attached hydrogens (tertiary/aromatic N) is 3. The Morgan fingerprint density at radius 1 is 1.35 bits per heavy atom. The van der Waals surface area contributed by atoms with Gasteiger partial charge in [-0.3, -0.25) is 9.69 Å². The Balaban J connectivity index is 1.74. The predicted molar refractivity (Wildman–Crippen MR) is 107 cm³/mol. The van der Waals surface area contributed by atoms with Gasteiger partial charge in [-0.1, -0.05) is 40.1 Å². The molecule has 0 aliphatic carbocycles. The van der Waals surface area contributed by atoms with E-state index in [0.717, 1.165) is 29.2 Å². The standard InChI is InChI=1S/C18H19Cl2N3O2S/c1-11-14(12(2)25-22-11)5-7-17(24)23-8-3-9-26-18(23)21-13-4-6-15(19)16(20)10-13/h4,6,10H,3,5,7-9H2,1-2H3. The highest BCUT2D eigenvalue weighted by Gasteiger charge is 2.24. The number of aromatic nitrogens is 1. The molecule has 2 aromatic rings. The number of amides is 1. The summed E-state index contributed by atoms with van der Waals surface area (Å²) in [5.41, 5.74) is 2.53. The summed E-state index contributed by atoms with van der Waals surface area (Å²) in [6.07, 6.45) is 1.95. The smallest absolute Gasteiger partial charge is 0.228 e. The van der Waals surface area contributed by atoms with Crippen molar-refractivity contribution in [3.05, 3.63) is 45.3 Å².